The van der Waals surface area contributed by atoms with Crippen LogP contribution in [0.15, 0.2) is 30.3 Å². The quantitative estimate of drug-likeness (QED) is 0.787. The second kappa shape index (κ2) is 6.86. The molecule has 0 spiro atoms. The summed E-state index contributed by atoms with van der Waals surface area (Å²) in [5, 5.41) is 11.0. The minimum absolute atomic E-state index is 0.464. The maximum atomic E-state index is 12.0. The van der Waals surface area contributed by atoms with Gasteiger partial charge in [-0.3, -0.25) is 4.79 Å². The number of benzene rings is 1. The highest BCUT2D eigenvalue weighted by Crippen LogP contribution is 2.08. The van der Waals surface area contributed by atoms with E-state index >= 15 is 0 Å². The number of alkyl halides is 2. The van der Waals surface area contributed by atoms with E-state index in [1.54, 1.807) is 6.08 Å². The molecule has 0 bridgehead atoms. The Balaban J connectivity index is 2.48. The first kappa shape index (κ1) is 14.3. The Hall–Kier alpha value is -1.75. The van der Waals surface area contributed by atoms with Crippen LogP contribution in [0.1, 0.15) is 11.1 Å². The zero-order chi connectivity index (χ0) is 13.5. The average Bonchev–Trinajstić information content (AvgIpc) is 2.34. The van der Waals surface area contributed by atoms with Gasteiger partial charge in [0.15, 0.2) is 0 Å². The van der Waals surface area contributed by atoms with Gasteiger partial charge in [0, 0.05) is 12.6 Å². The summed E-state index contributed by atoms with van der Waals surface area (Å²) >= 11 is 0. The SMILES string of the molecule is Cc1ccccc1/C=C/C(=O)NCC(O)C(F)F. The number of aliphatic hydroxyl groups excluding tert-OH is 1. The standard InChI is InChI=1S/C13H15F2NO2/c1-9-4-2-3-5-10(9)6-7-12(18)16-8-11(17)13(14)15/h2-7,11,13,17H,8H2,1H3,(H,16,18)/b7-6+. The predicted octanol–water partition coefficient (Wildman–Crippen LogP) is 1.75. The minimum atomic E-state index is -2.86. The van der Waals surface area contributed by atoms with E-state index in [0.717, 1.165) is 11.1 Å². The third-order valence-corrected chi connectivity index (χ3v) is 2.38. The number of carbonyl (C=O) groups is 1. The van der Waals surface area contributed by atoms with Gasteiger partial charge in [0.1, 0.15) is 6.10 Å². The van der Waals surface area contributed by atoms with Gasteiger partial charge < -0.3 is 10.4 Å². The number of aryl methyl sites for hydroxylation is 1. The molecule has 0 saturated carbocycles. The van der Waals surface area contributed by atoms with Crippen LogP contribution in [0.4, 0.5) is 8.78 Å². The lowest BCUT2D eigenvalue weighted by Crippen LogP contribution is -2.34. The van der Waals surface area contributed by atoms with Gasteiger partial charge in [-0.15, -0.1) is 0 Å². The lowest BCUT2D eigenvalue weighted by atomic mass is 10.1. The van der Waals surface area contributed by atoms with E-state index in [1.165, 1.54) is 6.08 Å². The monoisotopic (exact) mass is 255 g/mol. The van der Waals surface area contributed by atoms with Crippen LogP contribution in [-0.2, 0) is 4.79 Å². The molecule has 0 aromatic heterocycles. The van der Waals surface area contributed by atoms with Crippen molar-refractivity contribution in [2.45, 2.75) is 19.5 Å². The van der Waals surface area contributed by atoms with Crippen LogP contribution in [0, 0.1) is 6.92 Å². The van der Waals surface area contributed by atoms with Crippen molar-refractivity contribution in [2.75, 3.05) is 6.54 Å². The van der Waals surface area contributed by atoms with Crippen LogP contribution in [0.3, 0.4) is 0 Å². The van der Waals surface area contributed by atoms with Crippen LogP contribution < -0.4 is 5.32 Å². The van der Waals surface area contributed by atoms with E-state index < -0.39 is 25.0 Å². The summed E-state index contributed by atoms with van der Waals surface area (Å²) in [5.74, 6) is -0.516. The number of hydrogen-bond acceptors (Lipinski definition) is 2. The van der Waals surface area contributed by atoms with E-state index in [9.17, 15) is 13.6 Å². The van der Waals surface area contributed by atoms with Gasteiger partial charge in [-0.05, 0) is 24.1 Å². The van der Waals surface area contributed by atoms with Gasteiger partial charge in [0.2, 0.25) is 5.91 Å². The molecule has 0 aliphatic heterocycles. The largest absolute Gasteiger partial charge is 0.385 e. The van der Waals surface area contributed by atoms with Gasteiger partial charge in [-0.2, -0.15) is 0 Å². The zero-order valence-corrected chi connectivity index (χ0v) is 9.94. The Bertz CT molecular complexity index is 433. The molecule has 1 amide bonds. The van der Waals surface area contributed by atoms with Crippen molar-refractivity contribution in [3.05, 3.63) is 41.5 Å². The summed E-state index contributed by atoms with van der Waals surface area (Å²) in [4.78, 5) is 11.3. The molecule has 0 fully saturated rings. The molecule has 1 aromatic rings. The van der Waals surface area contributed by atoms with Gasteiger partial charge >= 0.3 is 0 Å². The van der Waals surface area contributed by atoms with Gasteiger partial charge in [0.25, 0.3) is 6.43 Å². The highest BCUT2D eigenvalue weighted by atomic mass is 19.3. The molecule has 1 aromatic carbocycles. The second-order valence-electron chi connectivity index (χ2n) is 3.84. The predicted molar refractivity (Wildman–Crippen MR) is 65.2 cm³/mol. The molecular weight excluding hydrogens is 240 g/mol. The minimum Gasteiger partial charge on any atom is -0.385 e. The molecule has 0 heterocycles. The first-order valence-electron chi connectivity index (χ1n) is 5.48. The fraction of sp³-hybridized carbons (Fsp3) is 0.308. The molecule has 5 heteroatoms. The molecule has 1 unspecified atom stereocenters. The van der Waals surface area contributed by atoms with Gasteiger partial charge in [-0.1, -0.05) is 24.3 Å². The maximum Gasteiger partial charge on any atom is 0.265 e. The highest BCUT2D eigenvalue weighted by Gasteiger charge is 2.16. The van der Waals surface area contributed by atoms with Gasteiger partial charge in [-0.25, -0.2) is 8.78 Å². The lowest BCUT2D eigenvalue weighted by Gasteiger charge is -2.08. The van der Waals surface area contributed by atoms with Crippen LogP contribution in [0.25, 0.3) is 6.08 Å². The van der Waals surface area contributed by atoms with Gasteiger partial charge in [0.05, 0.1) is 0 Å². The molecular formula is C13H15F2NO2. The Labute approximate surface area is 104 Å². The molecule has 18 heavy (non-hydrogen) atoms. The van der Waals surface area contributed by atoms with E-state index in [1.807, 2.05) is 31.2 Å². The smallest absolute Gasteiger partial charge is 0.265 e. The van der Waals surface area contributed by atoms with E-state index in [2.05, 4.69) is 5.32 Å². The molecule has 3 nitrogen and oxygen atoms in total. The van der Waals surface area contributed by atoms with Crippen molar-refractivity contribution >= 4 is 12.0 Å². The fourth-order valence-electron chi connectivity index (χ4n) is 1.29. The Morgan fingerprint density at radius 1 is 1.44 bits per heavy atom. The molecule has 1 atom stereocenters. The third-order valence-electron chi connectivity index (χ3n) is 2.38. The summed E-state index contributed by atoms with van der Waals surface area (Å²) in [7, 11) is 0. The first-order chi connectivity index (χ1) is 8.50. The van der Waals surface area contributed by atoms with Crippen LogP contribution >= 0.6 is 0 Å². The third kappa shape index (κ3) is 4.63. The number of halogens is 2. The topological polar surface area (TPSA) is 49.3 Å². The zero-order valence-electron chi connectivity index (χ0n) is 9.94. The summed E-state index contributed by atoms with van der Waals surface area (Å²) in [5.41, 5.74) is 1.89. The van der Waals surface area contributed by atoms with E-state index in [-0.39, 0.29) is 0 Å². The summed E-state index contributed by atoms with van der Waals surface area (Å²) in [6.07, 6.45) is -1.84. The Kier molecular flexibility index (Phi) is 5.45. The number of carbonyl (C=O) groups excluding carboxylic acids is 1. The molecule has 2 N–H and O–H groups in total. The molecule has 0 radical (unpaired) electrons. The lowest BCUT2D eigenvalue weighted by molar-refractivity contribution is -0.117. The van der Waals surface area contributed by atoms with Crippen molar-refractivity contribution in [1.29, 1.82) is 0 Å². The van der Waals surface area contributed by atoms with Crippen molar-refractivity contribution in [2.24, 2.45) is 0 Å². The van der Waals surface area contributed by atoms with E-state index in [0.29, 0.717) is 0 Å². The van der Waals surface area contributed by atoms with E-state index in [4.69, 9.17) is 5.11 Å². The highest BCUT2D eigenvalue weighted by molar-refractivity contribution is 5.91. The van der Waals surface area contributed by atoms with Crippen molar-refractivity contribution < 1.29 is 18.7 Å². The summed E-state index contributed by atoms with van der Waals surface area (Å²) in [6.45, 7) is 1.44. The van der Waals surface area contributed by atoms with Crippen molar-refractivity contribution in [3.63, 3.8) is 0 Å². The normalized spacial score (nSPS) is 12.9. The Morgan fingerprint density at radius 3 is 2.72 bits per heavy atom. The number of amides is 1. The molecule has 0 aliphatic carbocycles. The molecule has 98 valence electrons. The molecule has 0 aliphatic rings. The van der Waals surface area contributed by atoms with Crippen molar-refractivity contribution in [3.8, 4) is 0 Å². The van der Waals surface area contributed by atoms with Crippen molar-refractivity contribution in [1.82, 2.24) is 5.32 Å². The fourth-order valence-corrected chi connectivity index (χ4v) is 1.29. The van der Waals surface area contributed by atoms with Crippen LogP contribution in [0.2, 0.25) is 0 Å². The maximum absolute atomic E-state index is 12.0. The number of rotatable bonds is 5. The second-order valence-corrected chi connectivity index (χ2v) is 3.84. The summed E-state index contributed by atoms with van der Waals surface area (Å²) in [6, 6.07) is 7.46. The molecule has 0 saturated heterocycles. The molecule has 1 rings (SSSR count). The number of nitrogens with one attached hydrogen (secondary N) is 1. The Morgan fingerprint density at radius 2 is 2.11 bits per heavy atom. The first-order valence-corrected chi connectivity index (χ1v) is 5.48. The number of aliphatic hydroxyl groups is 1. The van der Waals surface area contributed by atoms with Crippen LogP contribution in [-0.4, -0.2) is 30.1 Å². The average molecular weight is 255 g/mol. The number of hydrogen-bond donors (Lipinski definition) is 2. The summed E-state index contributed by atoms with van der Waals surface area (Å²) < 4.78 is 23.9. The van der Waals surface area contributed by atoms with Crippen LogP contribution in [0.5, 0.6) is 0 Å².